The molecular formula is C17H18Cl2N2O. The second-order valence-corrected chi connectivity index (χ2v) is 6.66. The molecule has 0 bridgehead atoms. The molecule has 5 heteroatoms. The summed E-state index contributed by atoms with van der Waals surface area (Å²) in [6.07, 6.45) is 5.67. The zero-order chi connectivity index (χ0) is 15.6. The van der Waals surface area contributed by atoms with E-state index in [0.717, 1.165) is 37.2 Å². The molecule has 3 rings (SSSR count). The molecule has 0 radical (unpaired) electrons. The summed E-state index contributed by atoms with van der Waals surface area (Å²) in [6, 6.07) is 9.59. The summed E-state index contributed by atoms with van der Waals surface area (Å²) >= 11 is 12.0. The van der Waals surface area contributed by atoms with Crippen LogP contribution in [-0.4, -0.2) is 28.8 Å². The predicted molar refractivity (Wildman–Crippen MR) is 90.8 cm³/mol. The van der Waals surface area contributed by atoms with Crippen LogP contribution >= 0.6 is 23.2 Å². The molecule has 0 aliphatic carbocycles. The highest BCUT2D eigenvalue weighted by molar-refractivity contribution is 6.42. The highest BCUT2D eigenvalue weighted by atomic mass is 35.5. The highest BCUT2D eigenvalue weighted by Crippen LogP contribution is 2.32. The zero-order valence-corrected chi connectivity index (χ0v) is 13.7. The van der Waals surface area contributed by atoms with E-state index in [4.69, 9.17) is 23.2 Å². The minimum Gasteiger partial charge on any atom is -0.389 e. The van der Waals surface area contributed by atoms with Crippen LogP contribution in [0.2, 0.25) is 10.0 Å². The number of benzene rings is 1. The van der Waals surface area contributed by atoms with Crippen LogP contribution in [0.15, 0.2) is 42.7 Å². The number of hydrogen-bond donors (Lipinski definition) is 1. The molecule has 1 fully saturated rings. The lowest BCUT2D eigenvalue weighted by atomic mass is 9.85. The first-order valence-electron chi connectivity index (χ1n) is 7.37. The van der Waals surface area contributed by atoms with Crippen LogP contribution in [-0.2, 0) is 6.42 Å². The number of rotatable bonds is 3. The molecule has 0 spiro atoms. The fraction of sp³-hybridized carbons (Fsp3) is 0.353. The highest BCUT2D eigenvalue weighted by Gasteiger charge is 2.32. The summed E-state index contributed by atoms with van der Waals surface area (Å²) in [4.78, 5) is 6.35. The quantitative estimate of drug-likeness (QED) is 0.921. The molecule has 1 saturated heterocycles. The molecule has 22 heavy (non-hydrogen) atoms. The van der Waals surface area contributed by atoms with Crippen molar-refractivity contribution in [1.29, 1.82) is 0 Å². The maximum absolute atomic E-state index is 10.8. The molecule has 0 amide bonds. The van der Waals surface area contributed by atoms with E-state index in [9.17, 15) is 5.11 Å². The molecule has 1 aliphatic rings. The minimum absolute atomic E-state index is 0.565. The van der Waals surface area contributed by atoms with Gasteiger partial charge in [-0.1, -0.05) is 29.3 Å². The SMILES string of the molecule is OC1(Cc2cccnc2)CCN(c2ccc(Cl)c(Cl)c2)CC1. The van der Waals surface area contributed by atoms with Crippen LogP contribution < -0.4 is 4.90 Å². The van der Waals surface area contributed by atoms with Gasteiger partial charge in [0, 0.05) is 37.6 Å². The Morgan fingerprint density at radius 3 is 2.55 bits per heavy atom. The van der Waals surface area contributed by atoms with Gasteiger partial charge in [-0.05, 0) is 42.7 Å². The van der Waals surface area contributed by atoms with Crippen molar-refractivity contribution in [3.63, 3.8) is 0 Å². The minimum atomic E-state index is -0.657. The van der Waals surface area contributed by atoms with Crippen molar-refractivity contribution >= 4 is 28.9 Å². The smallest absolute Gasteiger partial charge is 0.0722 e. The normalized spacial score (nSPS) is 17.5. The molecule has 2 aromatic rings. The van der Waals surface area contributed by atoms with Gasteiger partial charge in [-0.2, -0.15) is 0 Å². The average molecular weight is 337 g/mol. The monoisotopic (exact) mass is 336 g/mol. The Hall–Kier alpha value is -1.29. The van der Waals surface area contributed by atoms with Gasteiger partial charge in [-0.25, -0.2) is 0 Å². The van der Waals surface area contributed by atoms with Crippen molar-refractivity contribution in [2.75, 3.05) is 18.0 Å². The Balaban J connectivity index is 1.65. The standard InChI is InChI=1S/C17H18Cl2N2O/c18-15-4-3-14(10-16(15)19)21-8-5-17(22,6-9-21)11-13-2-1-7-20-12-13/h1-4,7,10,12,22H,5-6,8-9,11H2. The molecule has 2 heterocycles. The summed E-state index contributed by atoms with van der Waals surface area (Å²) in [5.41, 5.74) is 1.47. The summed E-state index contributed by atoms with van der Waals surface area (Å²) < 4.78 is 0. The number of nitrogens with zero attached hydrogens (tertiary/aromatic N) is 2. The topological polar surface area (TPSA) is 36.4 Å². The number of aliphatic hydroxyl groups is 1. The molecule has 1 aromatic carbocycles. The molecule has 0 saturated carbocycles. The van der Waals surface area contributed by atoms with Crippen LogP contribution in [0.25, 0.3) is 0 Å². The van der Waals surface area contributed by atoms with E-state index >= 15 is 0 Å². The van der Waals surface area contributed by atoms with E-state index in [2.05, 4.69) is 9.88 Å². The number of halogens is 2. The lowest BCUT2D eigenvalue weighted by molar-refractivity contribution is 0.0165. The number of anilines is 1. The van der Waals surface area contributed by atoms with E-state index in [1.54, 1.807) is 6.20 Å². The van der Waals surface area contributed by atoms with Crippen molar-refractivity contribution in [3.05, 3.63) is 58.3 Å². The van der Waals surface area contributed by atoms with Crippen LogP contribution in [0.4, 0.5) is 5.69 Å². The number of pyridine rings is 1. The second-order valence-electron chi connectivity index (χ2n) is 5.85. The first kappa shape index (κ1) is 15.6. The first-order chi connectivity index (χ1) is 10.6. The van der Waals surface area contributed by atoms with Gasteiger partial charge in [-0.3, -0.25) is 4.98 Å². The predicted octanol–water partition coefficient (Wildman–Crippen LogP) is 3.96. The largest absolute Gasteiger partial charge is 0.389 e. The lowest BCUT2D eigenvalue weighted by Gasteiger charge is -2.39. The van der Waals surface area contributed by atoms with E-state index < -0.39 is 5.60 Å². The Morgan fingerprint density at radius 1 is 1.14 bits per heavy atom. The van der Waals surface area contributed by atoms with Gasteiger partial charge in [0.25, 0.3) is 0 Å². The third kappa shape index (κ3) is 3.54. The Kier molecular flexibility index (Phi) is 4.57. The van der Waals surface area contributed by atoms with Crippen molar-refractivity contribution < 1.29 is 5.11 Å². The first-order valence-corrected chi connectivity index (χ1v) is 8.13. The molecule has 1 aliphatic heterocycles. The van der Waals surface area contributed by atoms with Crippen LogP contribution in [0.5, 0.6) is 0 Å². The lowest BCUT2D eigenvalue weighted by Crippen LogP contribution is -2.45. The van der Waals surface area contributed by atoms with E-state index in [-0.39, 0.29) is 0 Å². The summed E-state index contributed by atoms with van der Waals surface area (Å²) in [7, 11) is 0. The van der Waals surface area contributed by atoms with Crippen molar-refractivity contribution in [1.82, 2.24) is 4.98 Å². The van der Waals surface area contributed by atoms with Crippen molar-refractivity contribution in [3.8, 4) is 0 Å². The van der Waals surface area contributed by atoms with Gasteiger partial charge in [0.1, 0.15) is 0 Å². The fourth-order valence-corrected chi connectivity index (χ4v) is 3.21. The van der Waals surface area contributed by atoms with Crippen LogP contribution in [0.1, 0.15) is 18.4 Å². The van der Waals surface area contributed by atoms with E-state index in [1.165, 1.54) is 0 Å². The molecule has 116 valence electrons. The number of aromatic nitrogens is 1. The third-order valence-corrected chi connectivity index (χ3v) is 4.96. The summed E-state index contributed by atoms with van der Waals surface area (Å²) in [5.74, 6) is 0. The van der Waals surface area contributed by atoms with Crippen molar-refractivity contribution in [2.24, 2.45) is 0 Å². The third-order valence-electron chi connectivity index (χ3n) is 4.22. The Bertz CT molecular complexity index is 640. The number of piperidine rings is 1. The summed E-state index contributed by atoms with van der Waals surface area (Å²) in [6.45, 7) is 1.60. The van der Waals surface area contributed by atoms with Gasteiger partial charge < -0.3 is 10.0 Å². The molecule has 1 aromatic heterocycles. The van der Waals surface area contributed by atoms with Gasteiger partial charge in [0.05, 0.1) is 15.6 Å². The Morgan fingerprint density at radius 2 is 1.91 bits per heavy atom. The molecular weight excluding hydrogens is 319 g/mol. The Labute approximate surface area is 140 Å². The summed E-state index contributed by atoms with van der Waals surface area (Å²) in [5, 5.41) is 11.9. The van der Waals surface area contributed by atoms with Gasteiger partial charge in [-0.15, -0.1) is 0 Å². The molecule has 1 N–H and O–H groups in total. The average Bonchev–Trinajstić information content (AvgIpc) is 2.52. The second kappa shape index (κ2) is 6.45. The van der Waals surface area contributed by atoms with Crippen LogP contribution in [0.3, 0.4) is 0 Å². The van der Waals surface area contributed by atoms with Crippen molar-refractivity contribution in [2.45, 2.75) is 24.9 Å². The van der Waals surface area contributed by atoms with E-state index in [1.807, 2.05) is 36.5 Å². The molecule has 0 unspecified atom stereocenters. The maximum atomic E-state index is 10.8. The van der Waals surface area contributed by atoms with Crippen LogP contribution in [0, 0.1) is 0 Å². The molecule has 3 nitrogen and oxygen atoms in total. The van der Waals surface area contributed by atoms with Gasteiger partial charge in [0.15, 0.2) is 0 Å². The van der Waals surface area contributed by atoms with Gasteiger partial charge >= 0.3 is 0 Å². The number of hydrogen-bond acceptors (Lipinski definition) is 3. The van der Waals surface area contributed by atoms with Gasteiger partial charge in [0.2, 0.25) is 0 Å². The molecule has 0 atom stereocenters. The maximum Gasteiger partial charge on any atom is 0.0722 e. The zero-order valence-electron chi connectivity index (χ0n) is 12.2. The van der Waals surface area contributed by atoms with E-state index in [0.29, 0.717) is 16.5 Å². The fourth-order valence-electron chi connectivity index (χ4n) is 2.92.